The molecule has 0 saturated carbocycles. The zero-order valence-electron chi connectivity index (χ0n) is 14.0. The van der Waals surface area contributed by atoms with Gasteiger partial charge in [0, 0.05) is 32.3 Å². The summed E-state index contributed by atoms with van der Waals surface area (Å²) in [5.41, 5.74) is 1.02. The number of amides is 2. The molecule has 0 aliphatic carbocycles. The predicted molar refractivity (Wildman–Crippen MR) is 91.3 cm³/mol. The van der Waals surface area contributed by atoms with Crippen molar-refractivity contribution >= 4 is 17.6 Å². The number of nitrogens with one attached hydrogen (secondary N) is 1. The monoisotopic (exact) mass is 340 g/mol. The number of aryl methyl sites for hydroxylation is 1. The molecule has 7 nitrogen and oxygen atoms in total. The van der Waals surface area contributed by atoms with Gasteiger partial charge in [0.15, 0.2) is 11.9 Å². The lowest BCUT2D eigenvalue weighted by atomic mass is 10.0. The fraction of sp³-hybridized carbons (Fsp3) is 0.389. The molecule has 1 aromatic carbocycles. The Bertz CT molecular complexity index is 791. The number of carbonyl (C=O) groups is 2. The van der Waals surface area contributed by atoms with Crippen LogP contribution in [0.1, 0.15) is 18.4 Å². The van der Waals surface area contributed by atoms with Crippen LogP contribution in [0.15, 0.2) is 36.5 Å². The smallest absolute Gasteiger partial charge is 0.262 e. The molecular weight excluding hydrogens is 320 g/mol. The van der Waals surface area contributed by atoms with E-state index in [0.29, 0.717) is 25.2 Å². The van der Waals surface area contributed by atoms with E-state index in [-0.39, 0.29) is 11.8 Å². The summed E-state index contributed by atoms with van der Waals surface area (Å²) in [6.07, 6.45) is 3.21. The van der Waals surface area contributed by atoms with Crippen molar-refractivity contribution in [1.82, 2.24) is 15.1 Å². The molecule has 1 saturated heterocycles. The predicted octanol–water partition coefficient (Wildman–Crippen LogP) is 1.04. The van der Waals surface area contributed by atoms with Crippen LogP contribution in [0, 0.1) is 0 Å². The number of nitrogens with zero attached hydrogens (tertiary/aromatic N) is 3. The highest BCUT2D eigenvalue weighted by molar-refractivity contribution is 5.99. The first kappa shape index (κ1) is 15.7. The van der Waals surface area contributed by atoms with Crippen molar-refractivity contribution in [3.05, 3.63) is 42.1 Å². The van der Waals surface area contributed by atoms with Crippen molar-refractivity contribution in [2.75, 3.05) is 11.4 Å². The number of carbonyl (C=O) groups excluding carboxylic acids is 2. The molecule has 7 heteroatoms. The number of hydrogen-bond acceptors (Lipinski definition) is 4. The number of ether oxygens (including phenoxy) is 1. The van der Waals surface area contributed by atoms with Gasteiger partial charge in [-0.05, 0) is 24.5 Å². The summed E-state index contributed by atoms with van der Waals surface area (Å²) in [7, 11) is 1.81. The molecule has 1 fully saturated rings. The van der Waals surface area contributed by atoms with Gasteiger partial charge in [0.2, 0.25) is 0 Å². The Balaban J connectivity index is 1.42. The van der Waals surface area contributed by atoms with Gasteiger partial charge >= 0.3 is 0 Å². The lowest BCUT2D eigenvalue weighted by Gasteiger charge is -2.31. The summed E-state index contributed by atoms with van der Waals surface area (Å²) in [6.45, 7) is 0.619. The summed E-state index contributed by atoms with van der Waals surface area (Å²) in [5, 5.41) is 7.15. The largest absolute Gasteiger partial charge is 0.480 e. The van der Waals surface area contributed by atoms with Gasteiger partial charge in [-0.25, -0.2) is 0 Å². The highest BCUT2D eigenvalue weighted by Crippen LogP contribution is 2.28. The third-order valence-corrected chi connectivity index (χ3v) is 4.67. The van der Waals surface area contributed by atoms with E-state index in [1.807, 2.05) is 31.3 Å². The number of anilines is 1. The topological polar surface area (TPSA) is 76.5 Å². The molecule has 0 unspecified atom stereocenters. The second-order valence-corrected chi connectivity index (χ2v) is 6.46. The van der Waals surface area contributed by atoms with Crippen LogP contribution in [0.4, 0.5) is 5.82 Å². The number of para-hydroxylation sites is 1. The minimum atomic E-state index is -0.574. The van der Waals surface area contributed by atoms with Gasteiger partial charge in [-0.15, -0.1) is 0 Å². The average molecular weight is 340 g/mol. The fourth-order valence-corrected chi connectivity index (χ4v) is 3.38. The van der Waals surface area contributed by atoms with E-state index in [2.05, 4.69) is 10.4 Å². The van der Waals surface area contributed by atoms with Crippen LogP contribution in [0.25, 0.3) is 0 Å². The lowest BCUT2D eigenvalue weighted by molar-refractivity contribution is -0.132. The molecule has 0 radical (unpaired) electrons. The van der Waals surface area contributed by atoms with Crippen molar-refractivity contribution in [3.63, 3.8) is 0 Å². The first-order valence-electron chi connectivity index (χ1n) is 8.48. The molecule has 2 aliphatic heterocycles. The van der Waals surface area contributed by atoms with E-state index in [1.165, 1.54) is 0 Å². The Labute approximate surface area is 145 Å². The van der Waals surface area contributed by atoms with Gasteiger partial charge in [0.1, 0.15) is 11.8 Å². The SMILES string of the molecule is Cn1ccc(N2CCC[C@H](NC(=O)[C@@H]3Cc4ccccc4O3)C2=O)n1. The number of hydrogen-bond donors (Lipinski definition) is 1. The van der Waals surface area contributed by atoms with E-state index in [9.17, 15) is 9.59 Å². The molecule has 3 heterocycles. The zero-order chi connectivity index (χ0) is 17.4. The standard InChI is InChI=1S/C18H20N4O3/c1-21-10-8-16(20-21)22-9-4-6-13(18(22)24)19-17(23)15-11-12-5-2-3-7-14(12)25-15/h2-3,5,7-8,10,13,15H,4,6,9,11H2,1H3,(H,19,23)/t13-,15-/m0/s1. The van der Waals surface area contributed by atoms with Crippen LogP contribution < -0.4 is 15.0 Å². The van der Waals surface area contributed by atoms with E-state index < -0.39 is 12.1 Å². The average Bonchev–Trinajstić information content (AvgIpc) is 3.23. The molecule has 0 bridgehead atoms. The summed E-state index contributed by atoms with van der Waals surface area (Å²) in [5.74, 6) is 1.01. The van der Waals surface area contributed by atoms with Gasteiger partial charge in [-0.3, -0.25) is 19.2 Å². The minimum Gasteiger partial charge on any atom is -0.480 e. The highest BCUT2D eigenvalue weighted by atomic mass is 16.5. The maximum absolute atomic E-state index is 12.7. The normalized spacial score (nSPS) is 22.4. The molecule has 2 amide bonds. The van der Waals surface area contributed by atoms with Crippen LogP contribution in [0.3, 0.4) is 0 Å². The lowest BCUT2D eigenvalue weighted by Crippen LogP contribution is -2.54. The number of aromatic nitrogens is 2. The van der Waals surface area contributed by atoms with Crippen LogP contribution in [-0.2, 0) is 23.1 Å². The number of benzene rings is 1. The summed E-state index contributed by atoms with van der Waals surface area (Å²) < 4.78 is 7.37. The van der Waals surface area contributed by atoms with Gasteiger partial charge in [-0.2, -0.15) is 5.10 Å². The zero-order valence-corrected chi connectivity index (χ0v) is 14.0. The Hall–Kier alpha value is -2.83. The number of piperidine rings is 1. The third-order valence-electron chi connectivity index (χ3n) is 4.67. The Morgan fingerprint density at radius 1 is 1.32 bits per heavy atom. The van der Waals surface area contributed by atoms with E-state index in [4.69, 9.17) is 4.74 Å². The highest BCUT2D eigenvalue weighted by Gasteiger charge is 2.35. The molecule has 2 aliphatic rings. The minimum absolute atomic E-state index is 0.117. The van der Waals surface area contributed by atoms with E-state index >= 15 is 0 Å². The van der Waals surface area contributed by atoms with Gasteiger partial charge in [-0.1, -0.05) is 18.2 Å². The molecule has 2 aromatic rings. The van der Waals surface area contributed by atoms with Gasteiger partial charge in [0.25, 0.3) is 11.8 Å². The maximum Gasteiger partial charge on any atom is 0.262 e. The second kappa shape index (κ2) is 6.23. The third kappa shape index (κ3) is 2.97. The van der Waals surface area contributed by atoms with Crippen molar-refractivity contribution in [1.29, 1.82) is 0 Å². The number of rotatable bonds is 3. The van der Waals surface area contributed by atoms with E-state index in [1.54, 1.807) is 21.8 Å². The first-order valence-corrected chi connectivity index (χ1v) is 8.48. The van der Waals surface area contributed by atoms with Crippen LogP contribution in [-0.4, -0.2) is 40.3 Å². The molecule has 25 heavy (non-hydrogen) atoms. The molecule has 130 valence electrons. The van der Waals surface area contributed by atoms with Crippen LogP contribution in [0.5, 0.6) is 5.75 Å². The van der Waals surface area contributed by atoms with Crippen molar-refractivity contribution in [2.45, 2.75) is 31.4 Å². The Morgan fingerprint density at radius 2 is 2.16 bits per heavy atom. The molecule has 1 aromatic heterocycles. The van der Waals surface area contributed by atoms with Crippen LogP contribution >= 0.6 is 0 Å². The molecule has 4 rings (SSSR count). The second-order valence-electron chi connectivity index (χ2n) is 6.46. The summed E-state index contributed by atoms with van der Waals surface area (Å²) >= 11 is 0. The van der Waals surface area contributed by atoms with E-state index in [0.717, 1.165) is 17.7 Å². The number of fused-ring (bicyclic) bond motifs is 1. The summed E-state index contributed by atoms with van der Waals surface area (Å²) in [4.78, 5) is 26.9. The van der Waals surface area contributed by atoms with Gasteiger partial charge < -0.3 is 10.1 Å². The summed E-state index contributed by atoms with van der Waals surface area (Å²) in [6, 6.07) is 8.90. The molecule has 2 atom stereocenters. The fourth-order valence-electron chi connectivity index (χ4n) is 3.38. The first-order chi connectivity index (χ1) is 12.1. The quantitative estimate of drug-likeness (QED) is 0.906. The van der Waals surface area contributed by atoms with Crippen molar-refractivity contribution in [2.24, 2.45) is 7.05 Å². The maximum atomic E-state index is 12.7. The Kier molecular flexibility index (Phi) is 3.91. The van der Waals surface area contributed by atoms with Crippen LogP contribution in [0.2, 0.25) is 0 Å². The van der Waals surface area contributed by atoms with Gasteiger partial charge in [0.05, 0.1) is 0 Å². The van der Waals surface area contributed by atoms with Crippen molar-refractivity contribution in [3.8, 4) is 5.75 Å². The van der Waals surface area contributed by atoms with Crippen molar-refractivity contribution < 1.29 is 14.3 Å². The Morgan fingerprint density at radius 3 is 2.92 bits per heavy atom. The molecular formula is C18H20N4O3. The molecule has 0 spiro atoms. The molecule has 1 N–H and O–H groups in total.